The number of carbonyl (C=O) groups is 1. The number of aryl methyl sites for hydroxylation is 3. The van der Waals surface area contributed by atoms with Gasteiger partial charge in [-0.1, -0.05) is 148 Å². The number of nitrogens with zero attached hydrogens (tertiary/aromatic N) is 2. The van der Waals surface area contributed by atoms with Gasteiger partial charge in [0.05, 0.1) is 0 Å². The average Bonchev–Trinajstić information content (AvgIpc) is 3.17. The van der Waals surface area contributed by atoms with Crippen LogP contribution in [0, 0.1) is 43.7 Å². The predicted molar refractivity (Wildman–Crippen MR) is 245 cm³/mol. The number of fused-ring (bicyclic) bond motifs is 3. The molecule has 1 N–H and O–H groups in total. The molecule has 4 nitrogen and oxygen atoms in total. The zero-order valence-electron chi connectivity index (χ0n) is 36.7. The second-order valence-electron chi connectivity index (χ2n) is 18.2. The van der Waals surface area contributed by atoms with Gasteiger partial charge in [0.15, 0.2) is 5.78 Å². The van der Waals surface area contributed by atoms with E-state index in [2.05, 4.69) is 161 Å². The number of carbonyl (C=O) groups excluding carboxylic acids is 1. The van der Waals surface area contributed by atoms with Crippen LogP contribution in [0.2, 0.25) is 0 Å². The van der Waals surface area contributed by atoms with E-state index in [1.54, 1.807) is 0 Å². The van der Waals surface area contributed by atoms with Gasteiger partial charge in [-0.25, -0.2) is 0 Å². The third-order valence-corrected chi connectivity index (χ3v) is 9.91. The number of hydrogen-bond acceptors (Lipinski definition) is 4. The van der Waals surface area contributed by atoms with Crippen molar-refractivity contribution in [2.24, 2.45) is 10.8 Å². The average molecular weight is 959 g/mol. The van der Waals surface area contributed by atoms with Crippen molar-refractivity contribution in [2.45, 2.75) is 88.5 Å². The van der Waals surface area contributed by atoms with Crippen LogP contribution in [-0.4, -0.2) is 20.9 Å². The molecule has 1 radical (unpaired) electrons. The Bertz CT molecular complexity index is 2550. The van der Waals surface area contributed by atoms with E-state index < -0.39 is 5.41 Å². The Morgan fingerprint density at radius 1 is 0.627 bits per heavy atom. The third-order valence-electron chi connectivity index (χ3n) is 9.91. The molecule has 0 saturated heterocycles. The fourth-order valence-electron chi connectivity index (χ4n) is 6.38. The third kappa shape index (κ3) is 12.4. The minimum absolute atomic E-state index is 0. The molecule has 59 heavy (non-hydrogen) atoms. The van der Waals surface area contributed by atoms with Crippen LogP contribution in [0.1, 0.15) is 84.6 Å². The molecule has 0 unspecified atom stereocenters. The molecule has 0 spiro atoms. The molecular formula is C54H58IrN2O2-2. The molecule has 307 valence electrons. The number of pyridine rings is 2. The Labute approximate surface area is 366 Å². The number of ketones is 1. The van der Waals surface area contributed by atoms with Gasteiger partial charge in [-0.15, -0.1) is 70.3 Å². The SMILES string of the molecule is CC(C)(C)C(=O)/C=C(\O)C(C)(C)C.CC(C)(C)c1ccnc(-c2[c-]ccc(-c3ccccc3)c2)c1.Cc1[c-]c(-c2nccc3c2ccc2cc(C)ccc23)cc(C)c1.[Ir]. The fraction of sp³-hybridized carbons (Fsp3) is 0.278. The van der Waals surface area contributed by atoms with E-state index >= 15 is 0 Å². The summed E-state index contributed by atoms with van der Waals surface area (Å²) < 4.78 is 0. The summed E-state index contributed by atoms with van der Waals surface area (Å²) in [4.78, 5) is 20.7. The number of aliphatic hydroxyl groups is 1. The van der Waals surface area contributed by atoms with Crippen molar-refractivity contribution in [3.8, 4) is 33.6 Å². The predicted octanol–water partition coefficient (Wildman–Crippen LogP) is 14.4. The summed E-state index contributed by atoms with van der Waals surface area (Å²) in [6.45, 7) is 24.1. The first kappa shape index (κ1) is 46.5. The number of allylic oxidation sites excluding steroid dienone is 2. The smallest absolute Gasteiger partial charge is 0.164 e. The Morgan fingerprint density at radius 3 is 1.95 bits per heavy atom. The normalized spacial score (nSPS) is 11.8. The van der Waals surface area contributed by atoms with Gasteiger partial charge in [0.25, 0.3) is 0 Å². The Kier molecular flexibility index (Phi) is 15.1. The van der Waals surface area contributed by atoms with Crippen molar-refractivity contribution < 1.29 is 30.0 Å². The Morgan fingerprint density at radius 2 is 1.31 bits per heavy atom. The van der Waals surface area contributed by atoms with Crippen molar-refractivity contribution in [3.05, 3.63) is 168 Å². The topological polar surface area (TPSA) is 63.1 Å². The van der Waals surface area contributed by atoms with Crippen molar-refractivity contribution >= 4 is 27.3 Å². The molecule has 0 aliphatic rings. The summed E-state index contributed by atoms with van der Waals surface area (Å²) in [7, 11) is 0. The second kappa shape index (κ2) is 19.2. The molecule has 0 aliphatic heterocycles. The van der Waals surface area contributed by atoms with Gasteiger partial charge in [-0.3, -0.25) is 4.79 Å². The van der Waals surface area contributed by atoms with Crippen molar-refractivity contribution in [2.75, 3.05) is 0 Å². The maximum atomic E-state index is 11.5. The molecule has 0 amide bonds. The van der Waals surface area contributed by atoms with E-state index in [-0.39, 0.29) is 42.5 Å². The monoisotopic (exact) mass is 959 g/mol. The zero-order chi connectivity index (χ0) is 42.4. The van der Waals surface area contributed by atoms with Gasteiger partial charge in [0.2, 0.25) is 0 Å². The molecular weight excluding hydrogens is 901 g/mol. The van der Waals surface area contributed by atoms with Gasteiger partial charge < -0.3 is 15.1 Å². The summed E-state index contributed by atoms with van der Waals surface area (Å²) in [6, 6.07) is 45.1. The first-order valence-corrected chi connectivity index (χ1v) is 20.0. The van der Waals surface area contributed by atoms with Gasteiger partial charge in [-0.2, -0.15) is 0 Å². The summed E-state index contributed by atoms with van der Waals surface area (Å²) >= 11 is 0. The molecule has 5 aromatic carbocycles. The maximum Gasteiger partial charge on any atom is 0.164 e. The molecule has 0 atom stereocenters. The fourth-order valence-corrected chi connectivity index (χ4v) is 6.38. The molecule has 2 aromatic heterocycles. The summed E-state index contributed by atoms with van der Waals surface area (Å²) in [5, 5.41) is 14.6. The standard InChI is InChI=1S/C22H18N.C21H20N.C11H20O2.Ir/c1-14-4-6-19-17(11-14)5-7-21-20(19)8-9-23-22(21)18-12-15(2)10-16(3)13-18;1-21(2,3)19-12-13-22-20(15-19)18-11-7-10-17(14-18)16-8-5-4-6-9-16;1-10(2,3)8(12)7-9(13)11(4,5)6;/h4-12H,1-3H3;4-10,12-15H,1-3H3;7,12H,1-6H3;/q2*-1;;/b;;8-7-;. The van der Waals surface area contributed by atoms with Gasteiger partial charge in [0, 0.05) is 49.4 Å². The Balaban J connectivity index is 0.000000202. The summed E-state index contributed by atoms with van der Waals surface area (Å²) in [5.74, 6) is 0.104. The van der Waals surface area contributed by atoms with Crippen molar-refractivity contribution in [1.82, 2.24) is 9.97 Å². The van der Waals surface area contributed by atoms with Gasteiger partial charge in [0.1, 0.15) is 5.76 Å². The molecule has 0 aliphatic carbocycles. The zero-order valence-corrected chi connectivity index (χ0v) is 39.1. The van der Waals surface area contributed by atoms with E-state index in [1.807, 2.05) is 66.1 Å². The van der Waals surface area contributed by atoms with E-state index in [0.29, 0.717) is 0 Å². The molecule has 0 saturated carbocycles. The van der Waals surface area contributed by atoms with Crippen LogP contribution in [0.25, 0.3) is 55.2 Å². The van der Waals surface area contributed by atoms with Gasteiger partial charge in [-0.05, 0) is 68.5 Å². The number of aliphatic hydroxyl groups excluding tert-OH is 1. The molecule has 7 rings (SSSR count). The van der Waals surface area contributed by atoms with Crippen LogP contribution in [0.4, 0.5) is 0 Å². The molecule has 0 fully saturated rings. The summed E-state index contributed by atoms with van der Waals surface area (Å²) in [5.41, 5.74) is 10.8. The molecule has 5 heteroatoms. The number of benzene rings is 5. The van der Waals surface area contributed by atoms with Crippen LogP contribution in [-0.2, 0) is 30.3 Å². The number of aromatic nitrogens is 2. The minimum Gasteiger partial charge on any atom is -0.512 e. The van der Waals surface area contributed by atoms with Crippen LogP contribution in [0.15, 0.2) is 133 Å². The van der Waals surface area contributed by atoms with E-state index in [0.717, 1.165) is 28.1 Å². The Hall–Kier alpha value is -5.22. The largest absolute Gasteiger partial charge is 0.512 e. The first-order valence-electron chi connectivity index (χ1n) is 20.0. The van der Waals surface area contributed by atoms with E-state index in [9.17, 15) is 9.90 Å². The van der Waals surface area contributed by atoms with Gasteiger partial charge >= 0.3 is 0 Å². The van der Waals surface area contributed by atoms with Crippen LogP contribution in [0.5, 0.6) is 0 Å². The maximum absolute atomic E-state index is 11.5. The minimum atomic E-state index is -0.417. The van der Waals surface area contributed by atoms with Crippen LogP contribution >= 0.6 is 0 Å². The summed E-state index contributed by atoms with van der Waals surface area (Å²) in [6.07, 6.45) is 5.13. The molecule has 2 heterocycles. The van der Waals surface area contributed by atoms with Crippen molar-refractivity contribution in [3.63, 3.8) is 0 Å². The van der Waals surface area contributed by atoms with E-state index in [4.69, 9.17) is 0 Å². The van der Waals surface area contributed by atoms with Crippen molar-refractivity contribution in [1.29, 1.82) is 0 Å². The molecule has 7 aromatic rings. The second-order valence-corrected chi connectivity index (χ2v) is 18.2. The number of hydrogen-bond donors (Lipinski definition) is 1. The quantitative estimate of drug-likeness (QED) is 0.0826. The number of rotatable bonds is 4. The first-order chi connectivity index (χ1) is 27.2. The van der Waals surface area contributed by atoms with Crippen LogP contribution in [0.3, 0.4) is 0 Å². The molecule has 0 bridgehead atoms. The van der Waals surface area contributed by atoms with Crippen LogP contribution < -0.4 is 0 Å². The van der Waals surface area contributed by atoms with E-state index in [1.165, 1.54) is 55.4 Å².